The minimum atomic E-state index is -0.0634. The van der Waals surface area contributed by atoms with Crippen molar-refractivity contribution in [2.24, 2.45) is 0 Å². The van der Waals surface area contributed by atoms with Gasteiger partial charge in [0.25, 0.3) is 0 Å². The Morgan fingerprint density at radius 1 is 1.00 bits per heavy atom. The molecule has 0 bridgehead atoms. The standard InChI is InChI=1S/C16H17BrN2O/c1-11-3-5-14(6-4-11)19-16(20)10-18-15-8-12(2)7-13(17)9-15/h3-9,18H,10H2,1-2H3,(H,19,20). The van der Waals surface area contributed by atoms with Crippen LogP contribution in [0.5, 0.6) is 0 Å². The smallest absolute Gasteiger partial charge is 0.243 e. The van der Waals surface area contributed by atoms with E-state index in [9.17, 15) is 4.79 Å². The quantitative estimate of drug-likeness (QED) is 0.884. The molecule has 20 heavy (non-hydrogen) atoms. The molecule has 0 aromatic heterocycles. The number of halogens is 1. The zero-order valence-corrected chi connectivity index (χ0v) is 13.1. The first-order valence-electron chi connectivity index (χ1n) is 6.40. The largest absolute Gasteiger partial charge is 0.376 e. The summed E-state index contributed by atoms with van der Waals surface area (Å²) >= 11 is 3.44. The molecule has 104 valence electrons. The third-order valence-corrected chi connectivity index (χ3v) is 3.29. The van der Waals surface area contributed by atoms with E-state index in [0.29, 0.717) is 0 Å². The van der Waals surface area contributed by atoms with Crippen LogP contribution in [0.2, 0.25) is 0 Å². The molecule has 2 aromatic carbocycles. The maximum absolute atomic E-state index is 11.9. The summed E-state index contributed by atoms with van der Waals surface area (Å²) in [7, 11) is 0. The number of rotatable bonds is 4. The van der Waals surface area contributed by atoms with Crippen LogP contribution < -0.4 is 10.6 Å². The van der Waals surface area contributed by atoms with Gasteiger partial charge in [0.15, 0.2) is 0 Å². The second kappa shape index (κ2) is 6.57. The number of benzene rings is 2. The van der Waals surface area contributed by atoms with E-state index in [4.69, 9.17) is 0 Å². The van der Waals surface area contributed by atoms with Gasteiger partial charge in [0, 0.05) is 15.8 Å². The van der Waals surface area contributed by atoms with Gasteiger partial charge < -0.3 is 10.6 Å². The van der Waals surface area contributed by atoms with Crippen molar-refractivity contribution in [1.82, 2.24) is 0 Å². The Labute approximate surface area is 127 Å². The Morgan fingerprint density at radius 2 is 1.70 bits per heavy atom. The molecule has 2 aromatic rings. The van der Waals surface area contributed by atoms with Gasteiger partial charge in [-0.05, 0) is 49.7 Å². The number of carbonyl (C=O) groups is 1. The van der Waals surface area contributed by atoms with Crippen LogP contribution in [0, 0.1) is 13.8 Å². The summed E-state index contributed by atoms with van der Waals surface area (Å²) < 4.78 is 0.999. The molecule has 0 saturated heterocycles. The van der Waals surface area contributed by atoms with Gasteiger partial charge in [-0.1, -0.05) is 33.6 Å². The van der Waals surface area contributed by atoms with E-state index in [1.54, 1.807) is 0 Å². The Hall–Kier alpha value is -1.81. The monoisotopic (exact) mass is 332 g/mol. The first-order chi connectivity index (χ1) is 9.52. The molecule has 0 heterocycles. The SMILES string of the molecule is Cc1ccc(NC(=O)CNc2cc(C)cc(Br)c2)cc1. The van der Waals surface area contributed by atoms with Crippen LogP contribution in [0.25, 0.3) is 0 Å². The number of aryl methyl sites for hydroxylation is 2. The molecular weight excluding hydrogens is 316 g/mol. The Bertz CT molecular complexity index is 588. The van der Waals surface area contributed by atoms with Crippen LogP contribution in [0.15, 0.2) is 46.9 Å². The molecule has 2 N–H and O–H groups in total. The summed E-state index contributed by atoms with van der Waals surface area (Å²) in [5.41, 5.74) is 4.05. The molecule has 0 aliphatic carbocycles. The molecule has 0 fully saturated rings. The van der Waals surface area contributed by atoms with Gasteiger partial charge in [-0.3, -0.25) is 4.79 Å². The average molecular weight is 333 g/mol. The highest BCUT2D eigenvalue weighted by Crippen LogP contribution is 2.18. The van der Waals surface area contributed by atoms with Crippen LogP contribution in [0.4, 0.5) is 11.4 Å². The molecule has 0 aliphatic heterocycles. The maximum atomic E-state index is 11.9. The lowest BCUT2D eigenvalue weighted by Crippen LogP contribution is -2.21. The predicted molar refractivity (Wildman–Crippen MR) is 87.2 cm³/mol. The molecule has 0 atom stereocenters. The predicted octanol–water partition coefficient (Wildman–Crippen LogP) is 4.12. The minimum absolute atomic E-state index is 0.0634. The lowest BCUT2D eigenvalue weighted by molar-refractivity contribution is -0.114. The Balaban J connectivity index is 1.90. The topological polar surface area (TPSA) is 41.1 Å². The lowest BCUT2D eigenvalue weighted by atomic mass is 10.2. The second-order valence-corrected chi connectivity index (χ2v) is 5.70. The number of amides is 1. The van der Waals surface area contributed by atoms with Crippen LogP contribution >= 0.6 is 15.9 Å². The highest BCUT2D eigenvalue weighted by atomic mass is 79.9. The molecule has 3 nitrogen and oxygen atoms in total. The molecule has 1 amide bonds. The fourth-order valence-electron chi connectivity index (χ4n) is 1.86. The van der Waals surface area contributed by atoms with Gasteiger partial charge in [-0.15, -0.1) is 0 Å². The van der Waals surface area contributed by atoms with Crippen molar-refractivity contribution in [3.05, 3.63) is 58.1 Å². The number of carbonyl (C=O) groups excluding carboxylic acids is 1. The van der Waals surface area contributed by atoms with Crippen molar-refractivity contribution in [1.29, 1.82) is 0 Å². The lowest BCUT2D eigenvalue weighted by Gasteiger charge is -2.09. The Kier molecular flexibility index (Phi) is 4.79. The van der Waals surface area contributed by atoms with Gasteiger partial charge in [-0.25, -0.2) is 0 Å². The van der Waals surface area contributed by atoms with Gasteiger partial charge in [0.2, 0.25) is 5.91 Å². The average Bonchev–Trinajstić information content (AvgIpc) is 2.38. The van der Waals surface area contributed by atoms with E-state index in [1.807, 2.05) is 56.3 Å². The highest BCUT2D eigenvalue weighted by Gasteiger charge is 2.03. The molecule has 0 saturated carbocycles. The summed E-state index contributed by atoms with van der Waals surface area (Å²) in [4.78, 5) is 11.9. The van der Waals surface area contributed by atoms with Gasteiger partial charge in [0.1, 0.15) is 0 Å². The van der Waals surface area contributed by atoms with Crippen molar-refractivity contribution in [2.75, 3.05) is 17.2 Å². The van der Waals surface area contributed by atoms with E-state index in [2.05, 4.69) is 26.6 Å². The van der Waals surface area contributed by atoms with Crippen molar-refractivity contribution >= 4 is 33.2 Å². The fraction of sp³-hybridized carbons (Fsp3) is 0.188. The van der Waals surface area contributed by atoms with Crippen LogP contribution in [0.1, 0.15) is 11.1 Å². The Morgan fingerprint density at radius 3 is 2.35 bits per heavy atom. The van der Waals surface area contributed by atoms with E-state index in [0.717, 1.165) is 21.4 Å². The first-order valence-corrected chi connectivity index (χ1v) is 7.20. The van der Waals surface area contributed by atoms with E-state index < -0.39 is 0 Å². The molecular formula is C16H17BrN2O. The van der Waals surface area contributed by atoms with Crippen molar-refractivity contribution < 1.29 is 4.79 Å². The zero-order valence-electron chi connectivity index (χ0n) is 11.5. The van der Waals surface area contributed by atoms with Gasteiger partial charge in [0.05, 0.1) is 6.54 Å². The number of nitrogens with one attached hydrogen (secondary N) is 2. The molecule has 0 spiro atoms. The molecule has 0 aliphatic rings. The summed E-state index contributed by atoms with van der Waals surface area (Å²) in [5, 5.41) is 5.97. The van der Waals surface area contributed by atoms with Crippen molar-refractivity contribution in [3.63, 3.8) is 0 Å². The molecule has 2 rings (SSSR count). The van der Waals surface area contributed by atoms with Crippen molar-refractivity contribution in [2.45, 2.75) is 13.8 Å². The number of hydrogen-bond acceptors (Lipinski definition) is 2. The normalized spacial score (nSPS) is 10.2. The second-order valence-electron chi connectivity index (χ2n) is 4.79. The number of hydrogen-bond donors (Lipinski definition) is 2. The summed E-state index contributed by atoms with van der Waals surface area (Å²) in [6.07, 6.45) is 0. The maximum Gasteiger partial charge on any atom is 0.243 e. The molecule has 0 radical (unpaired) electrons. The third kappa shape index (κ3) is 4.38. The summed E-state index contributed by atoms with van der Waals surface area (Å²) in [5.74, 6) is -0.0634. The fourth-order valence-corrected chi connectivity index (χ4v) is 2.47. The van der Waals surface area contributed by atoms with E-state index in [1.165, 1.54) is 5.56 Å². The zero-order chi connectivity index (χ0) is 14.5. The number of anilines is 2. The first kappa shape index (κ1) is 14.6. The minimum Gasteiger partial charge on any atom is -0.376 e. The summed E-state index contributed by atoms with van der Waals surface area (Å²) in [6, 6.07) is 13.7. The summed E-state index contributed by atoms with van der Waals surface area (Å²) in [6.45, 7) is 4.27. The van der Waals surface area contributed by atoms with Crippen LogP contribution in [0.3, 0.4) is 0 Å². The molecule has 0 unspecified atom stereocenters. The van der Waals surface area contributed by atoms with E-state index in [-0.39, 0.29) is 12.5 Å². The van der Waals surface area contributed by atoms with Crippen LogP contribution in [-0.2, 0) is 4.79 Å². The highest BCUT2D eigenvalue weighted by molar-refractivity contribution is 9.10. The van der Waals surface area contributed by atoms with Crippen molar-refractivity contribution in [3.8, 4) is 0 Å². The van der Waals surface area contributed by atoms with E-state index >= 15 is 0 Å². The van der Waals surface area contributed by atoms with Crippen LogP contribution in [-0.4, -0.2) is 12.5 Å². The van der Waals surface area contributed by atoms with Gasteiger partial charge in [-0.2, -0.15) is 0 Å². The third-order valence-electron chi connectivity index (χ3n) is 2.83. The van der Waals surface area contributed by atoms with Gasteiger partial charge >= 0.3 is 0 Å². The molecule has 4 heteroatoms.